The topological polar surface area (TPSA) is 68.0 Å². The lowest BCUT2D eigenvalue weighted by Crippen LogP contribution is -2.33. The molecule has 0 aromatic carbocycles. The van der Waals surface area contributed by atoms with Crippen molar-refractivity contribution in [1.82, 2.24) is 10.3 Å². The van der Waals surface area contributed by atoms with Crippen molar-refractivity contribution in [2.45, 2.75) is 32.2 Å². The Balaban J connectivity index is 1.98. The highest BCUT2D eigenvalue weighted by molar-refractivity contribution is 7.80. The monoisotopic (exact) mass is 263 g/mol. The number of carbonyl (C=O) groups excluding carboxylic acids is 1. The van der Waals surface area contributed by atoms with Crippen molar-refractivity contribution in [3.8, 4) is 0 Å². The molecular weight excluding hydrogens is 246 g/mol. The Morgan fingerprint density at radius 2 is 2.28 bits per heavy atom. The molecule has 5 heteroatoms. The standard InChI is InChI=1S/C13H17N3OS/c1-8-2-4-10(6-8)16-13(17)11-5-3-9(7-15-11)12(14)18/h3,5,7-8,10H,2,4,6H2,1H3,(H2,14,18)(H,16,17). The largest absolute Gasteiger partial charge is 0.389 e. The van der Waals surface area contributed by atoms with Crippen LogP contribution < -0.4 is 11.1 Å². The molecule has 4 nitrogen and oxygen atoms in total. The summed E-state index contributed by atoms with van der Waals surface area (Å²) < 4.78 is 0. The number of nitrogens with one attached hydrogen (secondary N) is 1. The Kier molecular flexibility index (Phi) is 3.91. The number of amides is 1. The van der Waals surface area contributed by atoms with E-state index in [0.717, 1.165) is 12.8 Å². The van der Waals surface area contributed by atoms with E-state index in [-0.39, 0.29) is 11.9 Å². The van der Waals surface area contributed by atoms with Crippen molar-refractivity contribution in [3.05, 3.63) is 29.6 Å². The van der Waals surface area contributed by atoms with Gasteiger partial charge in [0, 0.05) is 17.8 Å². The summed E-state index contributed by atoms with van der Waals surface area (Å²) in [5.41, 5.74) is 6.57. The fraction of sp³-hybridized carbons (Fsp3) is 0.462. The van der Waals surface area contributed by atoms with Gasteiger partial charge < -0.3 is 11.1 Å². The van der Waals surface area contributed by atoms with Gasteiger partial charge in [-0.1, -0.05) is 19.1 Å². The zero-order valence-electron chi connectivity index (χ0n) is 10.3. The van der Waals surface area contributed by atoms with E-state index in [1.165, 1.54) is 12.6 Å². The summed E-state index contributed by atoms with van der Waals surface area (Å²) in [6, 6.07) is 3.66. The van der Waals surface area contributed by atoms with Gasteiger partial charge in [-0.3, -0.25) is 9.78 Å². The van der Waals surface area contributed by atoms with Crippen molar-refractivity contribution >= 4 is 23.1 Å². The highest BCUT2D eigenvalue weighted by Gasteiger charge is 2.23. The molecule has 0 spiro atoms. The highest BCUT2D eigenvalue weighted by Crippen LogP contribution is 2.24. The van der Waals surface area contributed by atoms with Crippen LogP contribution in [-0.4, -0.2) is 21.9 Å². The molecule has 1 saturated carbocycles. The van der Waals surface area contributed by atoms with Crippen LogP contribution in [0.2, 0.25) is 0 Å². The van der Waals surface area contributed by atoms with E-state index in [1.54, 1.807) is 12.1 Å². The van der Waals surface area contributed by atoms with Crippen LogP contribution in [0, 0.1) is 5.92 Å². The summed E-state index contributed by atoms with van der Waals surface area (Å²) in [7, 11) is 0. The Bertz CT molecular complexity index is 458. The second-order valence-corrected chi connectivity index (χ2v) is 5.32. The molecule has 1 aromatic heterocycles. The Labute approximate surface area is 112 Å². The molecule has 3 N–H and O–H groups in total. The van der Waals surface area contributed by atoms with Gasteiger partial charge in [0.1, 0.15) is 10.7 Å². The van der Waals surface area contributed by atoms with Crippen LogP contribution in [0.25, 0.3) is 0 Å². The summed E-state index contributed by atoms with van der Waals surface area (Å²) in [5, 5.41) is 3.01. The molecule has 0 saturated heterocycles. The molecule has 1 heterocycles. The van der Waals surface area contributed by atoms with Crippen LogP contribution in [0.5, 0.6) is 0 Å². The molecule has 0 radical (unpaired) electrons. The maximum absolute atomic E-state index is 12.0. The molecule has 0 aliphatic heterocycles. The number of nitrogens with two attached hydrogens (primary N) is 1. The third-order valence-corrected chi connectivity index (χ3v) is 3.55. The molecule has 2 unspecified atom stereocenters. The molecule has 2 atom stereocenters. The average molecular weight is 263 g/mol. The first-order valence-corrected chi connectivity index (χ1v) is 6.54. The molecule has 1 fully saturated rings. The molecule has 18 heavy (non-hydrogen) atoms. The van der Waals surface area contributed by atoms with E-state index in [9.17, 15) is 4.79 Å². The number of rotatable bonds is 3. The van der Waals surface area contributed by atoms with Gasteiger partial charge in [0.15, 0.2) is 0 Å². The zero-order chi connectivity index (χ0) is 13.1. The molecule has 1 aliphatic carbocycles. The third kappa shape index (κ3) is 3.04. The van der Waals surface area contributed by atoms with E-state index in [0.29, 0.717) is 22.2 Å². The summed E-state index contributed by atoms with van der Waals surface area (Å²) in [4.78, 5) is 16.3. The molecule has 1 amide bonds. The Morgan fingerprint density at radius 3 is 2.78 bits per heavy atom. The summed E-state index contributed by atoms with van der Waals surface area (Å²) >= 11 is 4.84. The van der Waals surface area contributed by atoms with Gasteiger partial charge in [0.2, 0.25) is 0 Å². The molecule has 1 aromatic rings. The average Bonchev–Trinajstić information content (AvgIpc) is 2.75. The smallest absolute Gasteiger partial charge is 0.270 e. The second-order valence-electron chi connectivity index (χ2n) is 4.88. The first kappa shape index (κ1) is 13.0. The van der Waals surface area contributed by atoms with Gasteiger partial charge >= 0.3 is 0 Å². The van der Waals surface area contributed by atoms with Gasteiger partial charge in [-0.25, -0.2) is 0 Å². The fourth-order valence-electron chi connectivity index (χ4n) is 2.27. The molecular formula is C13H17N3OS. The van der Waals surface area contributed by atoms with Gasteiger partial charge in [-0.2, -0.15) is 0 Å². The van der Waals surface area contributed by atoms with E-state index in [1.807, 2.05) is 0 Å². The molecule has 1 aliphatic rings. The van der Waals surface area contributed by atoms with Crippen LogP contribution in [0.3, 0.4) is 0 Å². The fourth-order valence-corrected chi connectivity index (χ4v) is 2.39. The van der Waals surface area contributed by atoms with Crippen molar-refractivity contribution in [2.75, 3.05) is 0 Å². The van der Waals surface area contributed by atoms with Crippen LogP contribution in [0.4, 0.5) is 0 Å². The van der Waals surface area contributed by atoms with E-state index in [2.05, 4.69) is 17.2 Å². The van der Waals surface area contributed by atoms with Crippen LogP contribution >= 0.6 is 12.2 Å². The van der Waals surface area contributed by atoms with Gasteiger partial charge in [0.05, 0.1) is 0 Å². The SMILES string of the molecule is CC1CCC(NC(=O)c2ccc(C(N)=S)cn2)C1. The van der Waals surface area contributed by atoms with Crippen LogP contribution in [0.15, 0.2) is 18.3 Å². The Hall–Kier alpha value is -1.49. The molecule has 0 bridgehead atoms. The lowest BCUT2D eigenvalue weighted by molar-refractivity contribution is 0.0932. The van der Waals surface area contributed by atoms with E-state index < -0.39 is 0 Å². The number of nitrogens with zero attached hydrogens (tertiary/aromatic N) is 1. The first-order valence-electron chi connectivity index (χ1n) is 6.13. The lowest BCUT2D eigenvalue weighted by Gasteiger charge is -2.12. The van der Waals surface area contributed by atoms with E-state index >= 15 is 0 Å². The maximum atomic E-state index is 12.0. The normalized spacial score (nSPS) is 22.7. The number of carbonyl (C=O) groups is 1. The van der Waals surface area contributed by atoms with Gasteiger partial charge in [-0.05, 0) is 37.3 Å². The minimum Gasteiger partial charge on any atom is -0.389 e. The van der Waals surface area contributed by atoms with Gasteiger partial charge in [0.25, 0.3) is 5.91 Å². The number of aromatic nitrogens is 1. The summed E-state index contributed by atoms with van der Waals surface area (Å²) in [6.07, 6.45) is 4.82. The van der Waals surface area contributed by atoms with Crippen molar-refractivity contribution < 1.29 is 4.79 Å². The number of hydrogen-bond donors (Lipinski definition) is 2. The van der Waals surface area contributed by atoms with Crippen molar-refractivity contribution in [1.29, 1.82) is 0 Å². The second kappa shape index (κ2) is 5.44. The quantitative estimate of drug-likeness (QED) is 0.813. The number of pyridine rings is 1. The minimum atomic E-state index is -0.122. The lowest BCUT2D eigenvalue weighted by atomic mass is 10.1. The van der Waals surface area contributed by atoms with Crippen molar-refractivity contribution in [2.24, 2.45) is 11.7 Å². The summed E-state index contributed by atoms with van der Waals surface area (Å²) in [5.74, 6) is 0.573. The van der Waals surface area contributed by atoms with Gasteiger partial charge in [-0.15, -0.1) is 0 Å². The number of hydrogen-bond acceptors (Lipinski definition) is 3. The maximum Gasteiger partial charge on any atom is 0.270 e. The van der Waals surface area contributed by atoms with Crippen LogP contribution in [0.1, 0.15) is 42.2 Å². The molecule has 96 valence electrons. The zero-order valence-corrected chi connectivity index (χ0v) is 11.2. The minimum absolute atomic E-state index is 0.122. The number of thiocarbonyl (C=S) groups is 1. The Morgan fingerprint density at radius 1 is 1.50 bits per heavy atom. The predicted molar refractivity (Wildman–Crippen MR) is 74.4 cm³/mol. The first-order chi connectivity index (χ1) is 8.56. The molecule has 2 rings (SSSR count). The van der Waals surface area contributed by atoms with E-state index in [4.69, 9.17) is 18.0 Å². The summed E-state index contributed by atoms with van der Waals surface area (Å²) in [6.45, 7) is 2.21. The third-order valence-electron chi connectivity index (χ3n) is 3.31. The van der Waals surface area contributed by atoms with Crippen LogP contribution in [-0.2, 0) is 0 Å². The highest BCUT2D eigenvalue weighted by atomic mass is 32.1. The predicted octanol–water partition coefficient (Wildman–Crippen LogP) is 1.63. The van der Waals surface area contributed by atoms with Crippen molar-refractivity contribution in [3.63, 3.8) is 0 Å².